The quantitative estimate of drug-likeness (QED) is 0.284. The van der Waals surface area contributed by atoms with Gasteiger partial charge in [0.2, 0.25) is 0 Å². The third kappa shape index (κ3) is 6.81. The number of nitrogens with zero attached hydrogens (tertiary/aromatic N) is 2. The standard InChI is InChI=1S/C27H38N4O5/c1-6-9-36-21(10-16(2)3)15-31-23-8-7-19(13-28-24(18(5)32)27(34)35)12-22(23)30-25(31)20-11-17(4)26(33)29-14-20/h7-8,11-12,14,16,18,21,24,28,32H,6,9-10,13,15H2,1-5H3,(H,29,33)(H,34,35). The van der Waals surface area contributed by atoms with E-state index < -0.39 is 18.1 Å². The molecule has 4 N–H and O–H groups in total. The van der Waals surface area contributed by atoms with E-state index in [9.17, 15) is 19.8 Å². The van der Waals surface area contributed by atoms with Gasteiger partial charge in [-0.3, -0.25) is 14.9 Å². The lowest BCUT2D eigenvalue weighted by atomic mass is 10.1. The third-order valence-electron chi connectivity index (χ3n) is 6.11. The Hall–Kier alpha value is -3.01. The molecule has 0 spiro atoms. The first-order valence-corrected chi connectivity index (χ1v) is 12.5. The number of aliphatic hydroxyl groups excluding tert-OH is 1. The number of ether oxygens (including phenoxy) is 1. The van der Waals surface area contributed by atoms with Gasteiger partial charge in [-0.2, -0.15) is 0 Å². The summed E-state index contributed by atoms with van der Waals surface area (Å²) in [5, 5.41) is 22.0. The second kappa shape index (κ2) is 12.3. The number of nitrogens with one attached hydrogen (secondary N) is 2. The van der Waals surface area contributed by atoms with Crippen LogP contribution in [0.15, 0.2) is 35.3 Å². The van der Waals surface area contributed by atoms with E-state index in [0.717, 1.165) is 40.8 Å². The summed E-state index contributed by atoms with van der Waals surface area (Å²) in [4.78, 5) is 31.1. The molecule has 0 amide bonds. The molecule has 3 rings (SSSR count). The van der Waals surface area contributed by atoms with Gasteiger partial charge in [-0.1, -0.05) is 26.8 Å². The first-order chi connectivity index (χ1) is 17.1. The van der Waals surface area contributed by atoms with Crippen LogP contribution in [-0.2, 0) is 22.6 Å². The molecule has 1 aromatic carbocycles. The molecule has 0 saturated carbocycles. The van der Waals surface area contributed by atoms with Crippen LogP contribution in [0.3, 0.4) is 0 Å². The van der Waals surface area contributed by atoms with Crippen LogP contribution in [-0.4, -0.2) is 55.6 Å². The molecule has 0 bridgehead atoms. The van der Waals surface area contributed by atoms with E-state index in [2.05, 4.69) is 35.6 Å². The molecule has 0 saturated heterocycles. The molecule has 0 aliphatic rings. The molecule has 0 fully saturated rings. The lowest BCUT2D eigenvalue weighted by Crippen LogP contribution is -2.44. The second-order valence-corrected chi connectivity index (χ2v) is 9.83. The molecule has 2 heterocycles. The third-order valence-corrected chi connectivity index (χ3v) is 6.11. The van der Waals surface area contributed by atoms with Crippen LogP contribution in [0.25, 0.3) is 22.4 Å². The van der Waals surface area contributed by atoms with Gasteiger partial charge in [-0.25, -0.2) is 4.98 Å². The number of hydrogen-bond donors (Lipinski definition) is 4. The molecule has 196 valence electrons. The molecule has 2 aromatic heterocycles. The van der Waals surface area contributed by atoms with Crippen LogP contribution in [0.4, 0.5) is 0 Å². The summed E-state index contributed by atoms with van der Waals surface area (Å²) >= 11 is 0. The van der Waals surface area contributed by atoms with E-state index in [0.29, 0.717) is 24.6 Å². The number of rotatable bonds is 13. The van der Waals surface area contributed by atoms with Crippen LogP contribution < -0.4 is 10.9 Å². The van der Waals surface area contributed by atoms with Crippen LogP contribution in [0.5, 0.6) is 0 Å². The molecule has 3 aromatic rings. The second-order valence-electron chi connectivity index (χ2n) is 9.83. The van der Waals surface area contributed by atoms with E-state index >= 15 is 0 Å². The van der Waals surface area contributed by atoms with Gasteiger partial charge in [0.1, 0.15) is 11.9 Å². The zero-order chi connectivity index (χ0) is 26.4. The summed E-state index contributed by atoms with van der Waals surface area (Å²) in [6, 6.07) is 6.60. The summed E-state index contributed by atoms with van der Waals surface area (Å²) in [7, 11) is 0. The Balaban J connectivity index is 2.03. The highest BCUT2D eigenvalue weighted by Gasteiger charge is 2.23. The van der Waals surface area contributed by atoms with E-state index in [-0.39, 0.29) is 18.2 Å². The minimum Gasteiger partial charge on any atom is -0.480 e. The van der Waals surface area contributed by atoms with E-state index in [4.69, 9.17) is 9.72 Å². The van der Waals surface area contributed by atoms with Crippen LogP contribution in [0.1, 0.15) is 51.7 Å². The molecule has 36 heavy (non-hydrogen) atoms. The Morgan fingerprint density at radius 2 is 2.00 bits per heavy atom. The molecule has 9 heteroatoms. The normalized spacial score (nSPS) is 14.3. The smallest absolute Gasteiger partial charge is 0.323 e. The zero-order valence-electron chi connectivity index (χ0n) is 21.7. The number of aryl methyl sites for hydroxylation is 1. The lowest BCUT2D eigenvalue weighted by Gasteiger charge is -2.22. The molecule has 3 atom stereocenters. The molecule has 0 aliphatic heterocycles. The van der Waals surface area contributed by atoms with Crippen molar-refractivity contribution in [2.45, 2.75) is 78.8 Å². The maximum Gasteiger partial charge on any atom is 0.323 e. The zero-order valence-corrected chi connectivity index (χ0v) is 21.7. The van der Waals surface area contributed by atoms with Crippen molar-refractivity contribution in [3.05, 3.63) is 51.9 Å². The Kier molecular flexibility index (Phi) is 9.42. The number of imidazole rings is 1. The number of benzene rings is 1. The van der Waals surface area contributed by atoms with Gasteiger partial charge >= 0.3 is 5.97 Å². The number of carboxylic acids is 1. The number of aromatic amines is 1. The number of carboxylic acid groups (broad SMARTS) is 1. The Morgan fingerprint density at radius 3 is 2.61 bits per heavy atom. The number of H-pyrrole nitrogens is 1. The molecule has 0 aliphatic carbocycles. The molecule has 3 unspecified atom stereocenters. The minimum absolute atomic E-state index is 0.00803. The molecule has 9 nitrogen and oxygen atoms in total. The summed E-state index contributed by atoms with van der Waals surface area (Å²) in [5.74, 6) is 0.0965. The van der Waals surface area contributed by atoms with E-state index in [1.54, 1.807) is 13.1 Å². The van der Waals surface area contributed by atoms with Gasteiger partial charge in [-0.05, 0) is 56.4 Å². The van der Waals surface area contributed by atoms with Crippen molar-refractivity contribution in [3.8, 4) is 11.4 Å². The molecular formula is C27H38N4O5. The fourth-order valence-corrected chi connectivity index (χ4v) is 4.32. The number of pyridine rings is 1. The lowest BCUT2D eigenvalue weighted by molar-refractivity contribution is -0.142. The number of fused-ring (bicyclic) bond motifs is 1. The van der Waals surface area contributed by atoms with Crippen molar-refractivity contribution < 1.29 is 19.7 Å². The molecule has 0 radical (unpaired) electrons. The topological polar surface area (TPSA) is 129 Å². The van der Waals surface area contributed by atoms with Gasteiger partial charge in [0, 0.05) is 30.5 Å². The van der Waals surface area contributed by atoms with Crippen molar-refractivity contribution in [3.63, 3.8) is 0 Å². The fraction of sp³-hybridized carbons (Fsp3) is 0.519. The number of aliphatic hydroxyl groups is 1. The highest BCUT2D eigenvalue weighted by Crippen LogP contribution is 2.27. The van der Waals surface area contributed by atoms with Crippen molar-refractivity contribution in [1.82, 2.24) is 19.9 Å². The maximum absolute atomic E-state index is 12.0. The SMILES string of the molecule is CCCOC(CC(C)C)Cn1c(-c2c[nH]c(=O)c(C)c2)nc2cc(CNC(C(=O)O)C(C)O)ccc21. The largest absolute Gasteiger partial charge is 0.480 e. The van der Waals surface area contributed by atoms with Crippen molar-refractivity contribution in [2.24, 2.45) is 5.92 Å². The first kappa shape index (κ1) is 27.6. The van der Waals surface area contributed by atoms with Crippen LogP contribution in [0.2, 0.25) is 0 Å². The first-order valence-electron chi connectivity index (χ1n) is 12.5. The van der Waals surface area contributed by atoms with Gasteiger partial charge in [-0.15, -0.1) is 0 Å². The van der Waals surface area contributed by atoms with Crippen molar-refractivity contribution >= 4 is 17.0 Å². The number of aromatic nitrogens is 3. The predicted octanol–water partition coefficient (Wildman–Crippen LogP) is 3.46. The van der Waals surface area contributed by atoms with Crippen LogP contribution in [0, 0.1) is 12.8 Å². The Morgan fingerprint density at radius 1 is 1.25 bits per heavy atom. The number of aliphatic carboxylic acids is 1. The van der Waals surface area contributed by atoms with Crippen molar-refractivity contribution in [1.29, 1.82) is 0 Å². The van der Waals surface area contributed by atoms with Gasteiger partial charge in [0.25, 0.3) is 5.56 Å². The fourth-order valence-electron chi connectivity index (χ4n) is 4.32. The van der Waals surface area contributed by atoms with Gasteiger partial charge in [0.15, 0.2) is 0 Å². The average Bonchev–Trinajstić information content (AvgIpc) is 3.16. The van der Waals surface area contributed by atoms with Gasteiger partial charge < -0.3 is 24.5 Å². The summed E-state index contributed by atoms with van der Waals surface area (Å²) < 4.78 is 8.33. The minimum atomic E-state index is -1.10. The highest BCUT2D eigenvalue weighted by atomic mass is 16.5. The highest BCUT2D eigenvalue weighted by molar-refractivity contribution is 5.81. The maximum atomic E-state index is 12.0. The predicted molar refractivity (Wildman–Crippen MR) is 140 cm³/mol. The Bertz CT molecular complexity index is 1230. The van der Waals surface area contributed by atoms with E-state index in [1.165, 1.54) is 6.92 Å². The van der Waals surface area contributed by atoms with Gasteiger partial charge in [0.05, 0.1) is 29.8 Å². The van der Waals surface area contributed by atoms with Crippen molar-refractivity contribution in [2.75, 3.05) is 6.61 Å². The Labute approximate surface area is 211 Å². The molecular weight excluding hydrogens is 460 g/mol. The number of carbonyl (C=O) groups is 1. The summed E-state index contributed by atoms with van der Waals surface area (Å²) in [6.45, 7) is 11.2. The van der Waals surface area contributed by atoms with E-state index in [1.807, 2.05) is 24.3 Å². The average molecular weight is 499 g/mol. The summed E-state index contributed by atoms with van der Waals surface area (Å²) in [5.41, 5.74) is 3.82. The van der Waals surface area contributed by atoms with Crippen LogP contribution >= 0.6 is 0 Å². The number of hydrogen-bond acceptors (Lipinski definition) is 6. The monoisotopic (exact) mass is 498 g/mol. The summed E-state index contributed by atoms with van der Waals surface area (Å²) in [6.07, 6.45) is 2.50.